The Morgan fingerprint density at radius 1 is 1.39 bits per heavy atom. The van der Waals surface area contributed by atoms with Crippen LogP contribution in [0.4, 0.5) is 15.8 Å². The van der Waals surface area contributed by atoms with Gasteiger partial charge in [-0.15, -0.1) is 0 Å². The summed E-state index contributed by atoms with van der Waals surface area (Å²) in [5.41, 5.74) is 0.428. The lowest BCUT2D eigenvalue weighted by molar-refractivity contribution is -0.385. The number of non-ortho nitro benzene ring substituents is 1. The number of hydrogen-bond donors (Lipinski definition) is 0. The predicted molar refractivity (Wildman–Crippen MR) is 68.3 cm³/mol. The van der Waals surface area contributed by atoms with E-state index in [1.807, 2.05) is 0 Å². The number of nitrogens with zero attached hydrogens (tertiary/aromatic N) is 2. The van der Waals surface area contributed by atoms with Gasteiger partial charge in [0.1, 0.15) is 5.82 Å². The topological polar surface area (TPSA) is 46.4 Å². The van der Waals surface area contributed by atoms with Gasteiger partial charge in [0.2, 0.25) is 0 Å². The van der Waals surface area contributed by atoms with Crippen molar-refractivity contribution in [2.24, 2.45) is 5.92 Å². The van der Waals surface area contributed by atoms with Crippen molar-refractivity contribution in [3.8, 4) is 0 Å². The van der Waals surface area contributed by atoms with Crippen molar-refractivity contribution in [3.05, 3.63) is 34.1 Å². The van der Waals surface area contributed by atoms with Crippen LogP contribution in [-0.4, -0.2) is 17.5 Å². The highest BCUT2D eigenvalue weighted by molar-refractivity contribution is 5.54. The molecular weight excluding hydrogens is 235 g/mol. The molecule has 0 aliphatic carbocycles. The van der Waals surface area contributed by atoms with Gasteiger partial charge in [-0.25, -0.2) is 4.39 Å². The van der Waals surface area contributed by atoms with Crippen LogP contribution in [0.2, 0.25) is 0 Å². The van der Waals surface area contributed by atoms with Crippen molar-refractivity contribution in [2.75, 3.05) is 11.4 Å². The lowest BCUT2D eigenvalue weighted by Gasteiger charge is -2.38. The molecule has 98 valence electrons. The number of nitro benzene ring substituents is 1. The molecule has 4 nitrogen and oxygen atoms in total. The Kier molecular flexibility index (Phi) is 3.50. The number of benzene rings is 1. The van der Waals surface area contributed by atoms with Gasteiger partial charge >= 0.3 is 0 Å². The van der Waals surface area contributed by atoms with E-state index in [1.54, 1.807) is 0 Å². The van der Waals surface area contributed by atoms with Crippen LogP contribution in [-0.2, 0) is 0 Å². The Labute approximate surface area is 106 Å². The van der Waals surface area contributed by atoms with Gasteiger partial charge in [-0.3, -0.25) is 10.1 Å². The van der Waals surface area contributed by atoms with Gasteiger partial charge < -0.3 is 4.90 Å². The summed E-state index contributed by atoms with van der Waals surface area (Å²) in [5, 5.41) is 10.7. The summed E-state index contributed by atoms with van der Waals surface area (Å²) in [4.78, 5) is 12.2. The molecule has 1 aliphatic heterocycles. The second kappa shape index (κ2) is 4.92. The summed E-state index contributed by atoms with van der Waals surface area (Å²) >= 11 is 0. The van der Waals surface area contributed by atoms with E-state index < -0.39 is 10.7 Å². The smallest absolute Gasteiger partial charge is 0.274 e. The Hall–Kier alpha value is -1.65. The normalized spacial score (nSPS) is 24.1. The average molecular weight is 252 g/mol. The Bertz CT molecular complexity index is 464. The van der Waals surface area contributed by atoms with Crippen molar-refractivity contribution >= 4 is 11.4 Å². The minimum absolute atomic E-state index is 0.184. The first-order valence-corrected chi connectivity index (χ1v) is 6.19. The van der Waals surface area contributed by atoms with Crippen LogP contribution in [0.1, 0.15) is 26.7 Å². The maximum absolute atomic E-state index is 13.4. The predicted octanol–water partition coefficient (Wildman–Crippen LogP) is 3.36. The van der Waals surface area contributed by atoms with E-state index in [2.05, 4.69) is 18.7 Å². The third-order valence-corrected chi connectivity index (χ3v) is 3.55. The van der Waals surface area contributed by atoms with Gasteiger partial charge in [-0.2, -0.15) is 0 Å². The van der Waals surface area contributed by atoms with Gasteiger partial charge in [-0.05, 0) is 31.7 Å². The third kappa shape index (κ3) is 2.60. The average Bonchev–Trinajstić information content (AvgIpc) is 2.27. The number of rotatable bonds is 2. The van der Waals surface area contributed by atoms with E-state index in [1.165, 1.54) is 12.1 Å². The monoisotopic (exact) mass is 252 g/mol. The number of nitro groups is 1. The molecule has 1 aromatic rings. The van der Waals surface area contributed by atoms with Crippen LogP contribution >= 0.6 is 0 Å². The molecule has 18 heavy (non-hydrogen) atoms. The molecule has 2 rings (SSSR count). The van der Waals surface area contributed by atoms with Gasteiger partial charge in [0, 0.05) is 24.3 Å². The Morgan fingerprint density at radius 2 is 2.11 bits per heavy atom. The number of piperidine rings is 1. The summed E-state index contributed by atoms with van der Waals surface area (Å²) in [7, 11) is 0. The first-order chi connectivity index (χ1) is 8.47. The molecule has 1 aliphatic rings. The molecule has 1 saturated heterocycles. The maximum atomic E-state index is 13.4. The highest BCUT2D eigenvalue weighted by atomic mass is 19.1. The second-order valence-electron chi connectivity index (χ2n) is 5.10. The molecule has 0 spiro atoms. The summed E-state index contributed by atoms with van der Waals surface area (Å²) in [5.74, 6) is 0.102. The summed E-state index contributed by atoms with van der Waals surface area (Å²) < 4.78 is 13.4. The van der Waals surface area contributed by atoms with E-state index in [0.29, 0.717) is 11.6 Å². The van der Waals surface area contributed by atoms with Crippen LogP contribution in [0.25, 0.3) is 0 Å². The van der Waals surface area contributed by atoms with Gasteiger partial charge in [-0.1, -0.05) is 6.92 Å². The quantitative estimate of drug-likeness (QED) is 0.599. The van der Waals surface area contributed by atoms with Gasteiger partial charge in [0.15, 0.2) is 0 Å². The Balaban J connectivity index is 2.30. The number of halogens is 1. The van der Waals surface area contributed by atoms with Crippen molar-refractivity contribution in [3.63, 3.8) is 0 Å². The fourth-order valence-electron chi connectivity index (χ4n) is 2.62. The number of hydrogen-bond acceptors (Lipinski definition) is 3. The highest BCUT2D eigenvalue weighted by Gasteiger charge is 2.24. The van der Waals surface area contributed by atoms with Crippen molar-refractivity contribution < 1.29 is 9.31 Å². The fourth-order valence-corrected chi connectivity index (χ4v) is 2.62. The van der Waals surface area contributed by atoms with E-state index in [9.17, 15) is 14.5 Å². The van der Waals surface area contributed by atoms with Crippen LogP contribution in [0, 0.1) is 21.8 Å². The molecular formula is C13H17FN2O2. The molecule has 5 heteroatoms. The minimum Gasteiger partial charge on any atom is -0.369 e. The zero-order chi connectivity index (χ0) is 13.3. The molecule has 0 aromatic heterocycles. The second-order valence-corrected chi connectivity index (χ2v) is 5.10. The minimum atomic E-state index is -0.552. The van der Waals surface area contributed by atoms with E-state index >= 15 is 0 Å². The molecule has 1 aromatic carbocycles. The zero-order valence-corrected chi connectivity index (χ0v) is 10.6. The van der Waals surface area contributed by atoms with Crippen molar-refractivity contribution in [1.82, 2.24) is 0 Å². The summed E-state index contributed by atoms with van der Waals surface area (Å²) in [6.07, 6.45) is 2.07. The summed E-state index contributed by atoms with van der Waals surface area (Å²) in [6, 6.07) is 4.07. The van der Waals surface area contributed by atoms with E-state index in [-0.39, 0.29) is 11.7 Å². The fraction of sp³-hybridized carbons (Fsp3) is 0.538. The van der Waals surface area contributed by atoms with Crippen molar-refractivity contribution in [2.45, 2.75) is 32.7 Å². The van der Waals surface area contributed by atoms with E-state index in [4.69, 9.17) is 0 Å². The standard InChI is InChI=1S/C13H17FN2O2/c1-9-3-4-15(10(2)5-9)12-6-11(14)7-13(8-12)16(17)18/h6-10H,3-5H2,1-2H3. The van der Waals surface area contributed by atoms with Crippen molar-refractivity contribution in [1.29, 1.82) is 0 Å². The highest BCUT2D eigenvalue weighted by Crippen LogP contribution is 2.30. The summed E-state index contributed by atoms with van der Waals surface area (Å²) in [6.45, 7) is 5.09. The third-order valence-electron chi connectivity index (χ3n) is 3.55. The maximum Gasteiger partial charge on any atom is 0.274 e. The molecule has 2 unspecified atom stereocenters. The first-order valence-electron chi connectivity index (χ1n) is 6.19. The molecule has 0 N–H and O–H groups in total. The van der Waals surface area contributed by atoms with E-state index in [0.717, 1.165) is 25.5 Å². The molecule has 0 radical (unpaired) electrons. The molecule has 0 bridgehead atoms. The first kappa shape index (κ1) is 12.8. The lowest BCUT2D eigenvalue weighted by atomic mass is 9.93. The largest absolute Gasteiger partial charge is 0.369 e. The van der Waals surface area contributed by atoms with Gasteiger partial charge in [0.25, 0.3) is 5.69 Å². The Morgan fingerprint density at radius 3 is 2.72 bits per heavy atom. The van der Waals surface area contributed by atoms with Crippen LogP contribution in [0.15, 0.2) is 18.2 Å². The van der Waals surface area contributed by atoms with Crippen LogP contribution < -0.4 is 4.90 Å². The molecule has 0 amide bonds. The molecule has 1 fully saturated rings. The molecule has 2 atom stereocenters. The molecule has 0 saturated carbocycles. The molecule has 1 heterocycles. The SMILES string of the molecule is CC1CCN(c2cc(F)cc([N+](=O)[O-])c2)C(C)C1. The zero-order valence-electron chi connectivity index (χ0n) is 10.6. The van der Waals surface area contributed by atoms with Crippen LogP contribution in [0.3, 0.4) is 0 Å². The van der Waals surface area contributed by atoms with Crippen LogP contribution in [0.5, 0.6) is 0 Å². The number of anilines is 1. The lowest BCUT2D eigenvalue weighted by Crippen LogP contribution is -2.40. The van der Waals surface area contributed by atoms with Gasteiger partial charge in [0.05, 0.1) is 11.0 Å².